The molecule has 0 atom stereocenters. The molecule has 0 radical (unpaired) electrons. The molecule has 0 fully saturated rings. The van der Waals surface area contributed by atoms with Crippen molar-refractivity contribution in [2.24, 2.45) is 7.05 Å². The van der Waals surface area contributed by atoms with Crippen LogP contribution < -0.4 is 4.72 Å². The standard InChI is InChI=1S/C18H16ClN3O4S/c1-22-17(11-15(20-22)12-7-9-13(19)10-8-12)21-27(24,25)16-6-4-3-5-14(16)18(23)26-2/h3-11,21H,1-2H3. The highest BCUT2D eigenvalue weighted by Crippen LogP contribution is 2.25. The Labute approximate surface area is 161 Å². The van der Waals surface area contributed by atoms with Crippen LogP contribution >= 0.6 is 11.6 Å². The third-order valence-corrected chi connectivity index (χ3v) is 5.51. The van der Waals surface area contributed by atoms with Crippen molar-refractivity contribution in [3.8, 4) is 11.3 Å². The molecule has 3 rings (SSSR count). The number of esters is 1. The van der Waals surface area contributed by atoms with Gasteiger partial charge in [0.25, 0.3) is 10.0 Å². The van der Waals surface area contributed by atoms with Gasteiger partial charge in [-0.25, -0.2) is 13.2 Å². The number of sulfonamides is 1. The number of nitrogens with one attached hydrogen (secondary N) is 1. The lowest BCUT2D eigenvalue weighted by Gasteiger charge is -2.11. The topological polar surface area (TPSA) is 90.3 Å². The summed E-state index contributed by atoms with van der Waals surface area (Å²) in [6, 6.07) is 14.4. The van der Waals surface area contributed by atoms with E-state index in [0.717, 1.165) is 5.56 Å². The summed E-state index contributed by atoms with van der Waals surface area (Å²) in [4.78, 5) is 11.7. The molecule has 140 valence electrons. The molecular weight excluding hydrogens is 390 g/mol. The van der Waals surface area contributed by atoms with Crippen LogP contribution in [0, 0.1) is 0 Å². The van der Waals surface area contributed by atoms with Gasteiger partial charge in [-0.05, 0) is 24.3 Å². The molecule has 0 bridgehead atoms. The van der Waals surface area contributed by atoms with Crippen LogP contribution in [0.5, 0.6) is 0 Å². The Bertz CT molecular complexity index is 1090. The van der Waals surface area contributed by atoms with E-state index >= 15 is 0 Å². The number of nitrogens with zero attached hydrogens (tertiary/aromatic N) is 2. The molecule has 1 N–H and O–H groups in total. The molecule has 2 aromatic carbocycles. The summed E-state index contributed by atoms with van der Waals surface area (Å²) in [6.07, 6.45) is 0. The molecule has 27 heavy (non-hydrogen) atoms. The van der Waals surface area contributed by atoms with Gasteiger partial charge in [0.15, 0.2) is 0 Å². The molecule has 0 saturated heterocycles. The van der Waals surface area contributed by atoms with Crippen molar-refractivity contribution in [2.45, 2.75) is 4.90 Å². The lowest BCUT2D eigenvalue weighted by molar-refractivity contribution is 0.0596. The van der Waals surface area contributed by atoms with Crippen molar-refractivity contribution in [3.63, 3.8) is 0 Å². The first-order chi connectivity index (χ1) is 12.8. The second-order valence-electron chi connectivity index (χ2n) is 5.64. The van der Waals surface area contributed by atoms with E-state index in [1.54, 1.807) is 43.4 Å². The summed E-state index contributed by atoms with van der Waals surface area (Å²) in [5.74, 6) is -0.484. The fourth-order valence-electron chi connectivity index (χ4n) is 2.50. The summed E-state index contributed by atoms with van der Waals surface area (Å²) in [7, 11) is -1.22. The highest BCUT2D eigenvalue weighted by atomic mass is 35.5. The first-order valence-electron chi connectivity index (χ1n) is 7.82. The molecule has 0 aliphatic heterocycles. The van der Waals surface area contributed by atoms with Gasteiger partial charge in [0, 0.05) is 23.7 Å². The normalized spacial score (nSPS) is 11.2. The maximum Gasteiger partial charge on any atom is 0.339 e. The molecule has 0 amide bonds. The zero-order chi connectivity index (χ0) is 19.6. The third kappa shape index (κ3) is 3.96. The Hall–Kier alpha value is -2.84. The highest BCUT2D eigenvalue weighted by molar-refractivity contribution is 7.92. The smallest absolute Gasteiger partial charge is 0.339 e. The number of anilines is 1. The van der Waals surface area contributed by atoms with Crippen molar-refractivity contribution < 1.29 is 17.9 Å². The minimum atomic E-state index is -4.03. The molecule has 0 spiro atoms. The number of aromatic nitrogens is 2. The van der Waals surface area contributed by atoms with Crippen LogP contribution in [0.25, 0.3) is 11.3 Å². The number of carbonyl (C=O) groups is 1. The van der Waals surface area contributed by atoms with Gasteiger partial charge >= 0.3 is 5.97 Å². The van der Waals surface area contributed by atoms with Crippen LogP contribution in [0.1, 0.15) is 10.4 Å². The van der Waals surface area contributed by atoms with E-state index in [4.69, 9.17) is 11.6 Å². The number of hydrogen-bond acceptors (Lipinski definition) is 5. The van der Waals surface area contributed by atoms with E-state index in [-0.39, 0.29) is 16.3 Å². The first-order valence-corrected chi connectivity index (χ1v) is 9.68. The predicted octanol–water partition coefficient (Wildman–Crippen LogP) is 3.33. The summed E-state index contributed by atoms with van der Waals surface area (Å²) in [5.41, 5.74) is 1.32. The van der Waals surface area contributed by atoms with Crippen LogP contribution in [0.4, 0.5) is 5.82 Å². The number of benzene rings is 2. The van der Waals surface area contributed by atoms with Crippen LogP contribution in [-0.4, -0.2) is 31.3 Å². The van der Waals surface area contributed by atoms with Crippen molar-refractivity contribution >= 4 is 33.4 Å². The Kier molecular flexibility index (Phi) is 5.20. The fourth-order valence-corrected chi connectivity index (χ4v) is 3.90. The Balaban J connectivity index is 1.96. The summed E-state index contributed by atoms with van der Waals surface area (Å²) in [6.45, 7) is 0. The van der Waals surface area contributed by atoms with Crippen LogP contribution in [0.2, 0.25) is 5.02 Å². The summed E-state index contributed by atoms with van der Waals surface area (Å²) >= 11 is 5.89. The Morgan fingerprint density at radius 1 is 1.15 bits per heavy atom. The summed E-state index contributed by atoms with van der Waals surface area (Å²) in [5, 5.41) is 4.91. The Morgan fingerprint density at radius 3 is 2.48 bits per heavy atom. The SMILES string of the molecule is COC(=O)c1ccccc1S(=O)(=O)Nc1cc(-c2ccc(Cl)cc2)nn1C. The quantitative estimate of drug-likeness (QED) is 0.657. The molecule has 0 unspecified atom stereocenters. The lowest BCUT2D eigenvalue weighted by Crippen LogP contribution is -2.19. The van der Waals surface area contributed by atoms with Gasteiger partial charge < -0.3 is 4.74 Å². The largest absolute Gasteiger partial charge is 0.465 e. The van der Waals surface area contributed by atoms with Gasteiger partial charge in [-0.3, -0.25) is 9.40 Å². The van der Waals surface area contributed by atoms with Crippen molar-refractivity contribution in [2.75, 3.05) is 11.8 Å². The van der Waals surface area contributed by atoms with Crippen LogP contribution in [0.3, 0.4) is 0 Å². The molecule has 1 heterocycles. The van der Waals surface area contributed by atoms with Gasteiger partial charge in [-0.1, -0.05) is 35.9 Å². The molecule has 9 heteroatoms. The maximum absolute atomic E-state index is 12.8. The van der Waals surface area contributed by atoms with E-state index in [9.17, 15) is 13.2 Å². The van der Waals surface area contributed by atoms with Gasteiger partial charge in [0.05, 0.1) is 18.4 Å². The second-order valence-corrected chi connectivity index (χ2v) is 7.73. The van der Waals surface area contributed by atoms with E-state index in [2.05, 4.69) is 14.6 Å². The molecular formula is C18H16ClN3O4S. The van der Waals surface area contributed by atoms with Gasteiger partial charge in [0.1, 0.15) is 10.7 Å². The average Bonchev–Trinajstić information content (AvgIpc) is 3.01. The zero-order valence-corrected chi connectivity index (χ0v) is 16.1. The number of ether oxygens (including phenoxy) is 1. The Morgan fingerprint density at radius 2 is 1.81 bits per heavy atom. The highest BCUT2D eigenvalue weighted by Gasteiger charge is 2.24. The van der Waals surface area contributed by atoms with E-state index in [0.29, 0.717) is 10.7 Å². The minimum absolute atomic E-state index is 0.0485. The van der Waals surface area contributed by atoms with Crippen molar-refractivity contribution in [1.29, 1.82) is 0 Å². The van der Waals surface area contributed by atoms with Gasteiger partial charge in [-0.15, -0.1) is 0 Å². The number of carbonyl (C=O) groups excluding carboxylic acids is 1. The number of halogens is 1. The van der Waals surface area contributed by atoms with E-state index in [1.807, 2.05) is 0 Å². The maximum atomic E-state index is 12.8. The molecule has 1 aromatic heterocycles. The fraction of sp³-hybridized carbons (Fsp3) is 0.111. The van der Waals surface area contributed by atoms with Crippen LogP contribution in [-0.2, 0) is 21.8 Å². The number of hydrogen-bond donors (Lipinski definition) is 1. The number of aryl methyl sites for hydroxylation is 1. The van der Waals surface area contributed by atoms with E-state index < -0.39 is 16.0 Å². The van der Waals surface area contributed by atoms with E-state index in [1.165, 1.54) is 30.0 Å². The molecule has 0 aliphatic carbocycles. The molecule has 0 aliphatic rings. The number of methoxy groups -OCH3 is 1. The third-order valence-electron chi connectivity index (χ3n) is 3.84. The average molecular weight is 406 g/mol. The predicted molar refractivity (Wildman–Crippen MR) is 102 cm³/mol. The molecule has 3 aromatic rings. The van der Waals surface area contributed by atoms with Crippen molar-refractivity contribution in [3.05, 3.63) is 65.2 Å². The molecule has 0 saturated carbocycles. The molecule has 7 nitrogen and oxygen atoms in total. The number of rotatable bonds is 5. The van der Waals surface area contributed by atoms with Crippen molar-refractivity contribution in [1.82, 2.24) is 9.78 Å². The minimum Gasteiger partial charge on any atom is -0.465 e. The first kappa shape index (κ1) is 18.9. The monoisotopic (exact) mass is 405 g/mol. The zero-order valence-electron chi connectivity index (χ0n) is 14.5. The summed E-state index contributed by atoms with van der Waals surface area (Å²) < 4.78 is 34.1. The van der Waals surface area contributed by atoms with Crippen LogP contribution in [0.15, 0.2) is 59.5 Å². The van der Waals surface area contributed by atoms with Gasteiger partial charge in [0.2, 0.25) is 0 Å². The lowest BCUT2D eigenvalue weighted by atomic mass is 10.1. The van der Waals surface area contributed by atoms with Gasteiger partial charge in [-0.2, -0.15) is 5.10 Å². The second kappa shape index (κ2) is 7.42.